The first kappa shape index (κ1) is 39.3. The maximum Gasteiger partial charge on any atom is 0.408 e. The molecule has 1 aromatic carbocycles. The Bertz CT molecular complexity index is 1780. The molecule has 4 unspecified atom stereocenters. The number of fused-ring (bicyclic) bond motifs is 1. The van der Waals surface area contributed by atoms with Crippen molar-refractivity contribution < 1.29 is 48.5 Å². The Morgan fingerprint density at radius 2 is 1.98 bits per heavy atom. The van der Waals surface area contributed by atoms with Crippen LogP contribution in [-0.2, 0) is 35.2 Å². The number of carbonyl (C=O) groups is 2. The lowest BCUT2D eigenvalue weighted by molar-refractivity contribution is -0.361. The van der Waals surface area contributed by atoms with Crippen molar-refractivity contribution in [2.24, 2.45) is 5.92 Å². The topological polar surface area (TPSA) is 201 Å². The second-order valence-electron chi connectivity index (χ2n) is 14.4. The Morgan fingerprint density at radius 1 is 1.20 bits per heavy atom. The summed E-state index contributed by atoms with van der Waals surface area (Å²) in [5.74, 6) is -1.47. The molecule has 2 amide bonds. The molecule has 2 aliphatic heterocycles. The predicted octanol–water partition coefficient (Wildman–Crippen LogP) is 2.91. The van der Waals surface area contributed by atoms with Crippen LogP contribution >= 0.6 is 0 Å². The van der Waals surface area contributed by atoms with Gasteiger partial charge in [-0.15, -0.1) is 6.58 Å². The van der Waals surface area contributed by atoms with Gasteiger partial charge in [0, 0.05) is 39.3 Å². The number of aromatic nitrogens is 4. The van der Waals surface area contributed by atoms with Gasteiger partial charge in [0.1, 0.15) is 36.4 Å². The van der Waals surface area contributed by atoms with Crippen molar-refractivity contribution >= 4 is 29.0 Å². The molecule has 4 N–H and O–H groups in total. The number of methoxy groups -OCH3 is 1. The first-order valence-corrected chi connectivity index (χ1v) is 18.3. The van der Waals surface area contributed by atoms with Crippen LogP contribution in [0.25, 0.3) is 11.2 Å². The number of aliphatic hydroxyl groups is 2. The van der Waals surface area contributed by atoms with Crippen LogP contribution in [0.1, 0.15) is 64.2 Å². The average molecular weight is 754 g/mol. The smallest absolute Gasteiger partial charge is 0.408 e. The van der Waals surface area contributed by atoms with Crippen molar-refractivity contribution in [2.75, 3.05) is 32.7 Å². The van der Waals surface area contributed by atoms with Gasteiger partial charge in [0.15, 0.2) is 23.2 Å². The highest BCUT2D eigenvalue weighted by molar-refractivity contribution is 5.86. The zero-order valence-electron chi connectivity index (χ0n) is 31.3. The van der Waals surface area contributed by atoms with Gasteiger partial charge in [-0.1, -0.05) is 25.1 Å². The highest BCUT2D eigenvalue weighted by atomic mass is 17.3. The third kappa shape index (κ3) is 8.16. The molecular formula is C37H51N7O10. The standard InChI is InChI=1S/C37H51N7O10/c1-7-10-23(8-2)36(3)52-37(54-53-36)16-9-11-25(18-37)50-35(48)41-26(17-22-12-14-24(49-6)15-13-22)33(47)42-28-27(19-45)51-34(30(28)46)44-21-40-29-31(43(4)5)38-20-39-32(29)44/h7,12-15,20-21,23,25-28,30,34,45-46H,1,8-11,16-19H2,2-6H3,(H,41,48)(H,42,47)/t23?,25?,26-,27+,28+,30+,34+,36?,37?/m0/s1. The number of benzene rings is 1. The predicted molar refractivity (Wildman–Crippen MR) is 194 cm³/mol. The number of ether oxygens (including phenoxy) is 4. The van der Waals surface area contributed by atoms with E-state index in [4.69, 9.17) is 28.7 Å². The summed E-state index contributed by atoms with van der Waals surface area (Å²) in [6, 6.07) is 4.87. The first-order valence-electron chi connectivity index (χ1n) is 18.3. The Balaban J connectivity index is 1.16. The molecule has 1 spiro atoms. The molecule has 2 aromatic heterocycles. The lowest BCUT2D eigenvalue weighted by Crippen LogP contribution is -2.56. The minimum Gasteiger partial charge on any atom is -0.497 e. The Hall–Kier alpha value is -4.39. The van der Waals surface area contributed by atoms with Crippen molar-refractivity contribution in [3.63, 3.8) is 0 Å². The van der Waals surface area contributed by atoms with Crippen molar-refractivity contribution in [3.05, 3.63) is 55.1 Å². The number of allylic oxidation sites excluding steroid dienone is 1. The third-order valence-electron chi connectivity index (χ3n) is 10.4. The molecule has 2 saturated heterocycles. The molecule has 3 fully saturated rings. The van der Waals surface area contributed by atoms with Crippen molar-refractivity contribution in [1.29, 1.82) is 0 Å². The summed E-state index contributed by atoms with van der Waals surface area (Å²) in [5.41, 5.74) is 1.62. The minimum atomic E-state index is -1.33. The number of aliphatic hydroxyl groups excluding tert-OH is 2. The zero-order valence-corrected chi connectivity index (χ0v) is 31.3. The largest absolute Gasteiger partial charge is 0.497 e. The maximum atomic E-state index is 14.0. The Morgan fingerprint density at radius 3 is 2.67 bits per heavy atom. The monoisotopic (exact) mass is 753 g/mol. The van der Waals surface area contributed by atoms with Gasteiger partial charge in [0.2, 0.25) is 17.5 Å². The van der Waals surface area contributed by atoms with E-state index in [1.165, 1.54) is 17.2 Å². The minimum absolute atomic E-state index is 0.0184. The lowest BCUT2D eigenvalue weighted by atomic mass is 9.89. The van der Waals surface area contributed by atoms with Crippen LogP contribution in [0, 0.1) is 5.92 Å². The number of nitrogens with one attached hydrogen (secondary N) is 2. The molecule has 17 heteroatoms. The Kier molecular flexibility index (Phi) is 12.0. The van der Waals surface area contributed by atoms with Crippen LogP contribution in [0.5, 0.6) is 5.75 Å². The van der Waals surface area contributed by atoms with Gasteiger partial charge in [-0.25, -0.2) is 19.7 Å². The normalized spacial score (nSPS) is 29.1. The fraction of sp³-hybridized carbons (Fsp3) is 0.595. The van der Waals surface area contributed by atoms with E-state index in [-0.39, 0.29) is 18.8 Å². The number of amides is 2. The molecule has 294 valence electrons. The van der Waals surface area contributed by atoms with Gasteiger partial charge in [0.05, 0.1) is 26.1 Å². The number of anilines is 1. The van der Waals surface area contributed by atoms with E-state index < -0.39 is 66.8 Å². The molecule has 1 aliphatic carbocycles. The van der Waals surface area contributed by atoms with Crippen LogP contribution in [-0.4, -0.2) is 112 Å². The highest BCUT2D eigenvalue weighted by Crippen LogP contribution is 2.47. The molecule has 3 aliphatic rings. The van der Waals surface area contributed by atoms with E-state index in [0.29, 0.717) is 48.4 Å². The SMILES string of the molecule is C=CCC(CC)C1(C)OOC2(CCCC(OC(=O)N[C@@H](Cc3ccc(OC)cc3)C(=O)N[C@H]3[C@@H](O)[C@H](n4cnc5c(N(C)C)ncnc54)O[C@@H]3CO)C2)O1. The molecule has 1 saturated carbocycles. The number of imidazole rings is 1. The van der Waals surface area contributed by atoms with Gasteiger partial charge in [0.25, 0.3) is 0 Å². The van der Waals surface area contributed by atoms with E-state index in [0.717, 1.165) is 12.0 Å². The van der Waals surface area contributed by atoms with Gasteiger partial charge in [-0.05, 0) is 50.3 Å². The quantitative estimate of drug-likeness (QED) is 0.138. The van der Waals surface area contributed by atoms with Gasteiger partial charge in [-0.2, -0.15) is 9.78 Å². The number of hydrogen-bond acceptors (Lipinski definition) is 14. The van der Waals surface area contributed by atoms with E-state index in [9.17, 15) is 19.8 Å². The summed E-state index contributed by atoms with van der Waals surface area (Å²) in [4.78, 5) is 54.0. The summed E-state index contributed by atoms with van der Waals surface area (Å²) in [6.07, 6.45) is 3.49. The lowest BCUT2D eigenvalue weighted by Gasteiger charge is -2.36. The molecule has 3 aromatic rings. The number of nitrogens with zero attached hydrogens (tertiary/aromatic N) is 5. The maximum absolute atomic E-state index is 14.0. The van der Waals surface area contributed by atoms with Gasteiger partial charge >= 0.3 is 6.09 Å². The Labute approximate surface area is 313 Å². The third-order valence-corrected chi connectivity index (χ3v) is 10.4. The fourth-order valence-electron chi connectivity index (χ4n) is 7.54. The van der Waals surface area contributed by atoms with Crippen LogP contribution < -0.4 is 20.3 Å². The molecule has 0 bridgehead atoms. The number of carbonyl (C=O) groups excluding carboxylic acids is 2. The number of hydrogen-bond donors (Lipinski definition) is 4. The van der Waals surface area contributed by atoms with Crippen molar-refractivity contribution in [1.82, 2.24) is 30.2 Å². The van der Waals surface area contributed by atoms with Crippen LogP contribution in [0.15, 0.2) is 49.6 Å². The number of rotatable bonds is 14. The summed E-state index contributed by atoms with van der Waals surface area (Å²) in [5, 5.41) is 27.4. The first-order chi connectivity index (χ1) is 25.9. The molecule has 17 nitrogen and oxygen atoms in total. The summed E-state index contributed by atoms with van der Waals surface area (Å²) in [6.45, 7) is 7.24. The van der Waals surface area contributed by atoms with Crippen molar-refractivity contribution in [2.45, 2.75) is 107 Å². The molecule has 9 atom stereocenters. The van der Waals surface area contributed by atoms with Crippen LogP contribution in [0.3, 0.4) is 0 Å². The second-order valence-corrected chi connectivity index (χ2v) is 14.4. The van der Waals surface area contributed by atoms with E-state index in [2.05, 4.69) is 32.2 Å². The van der Waals surface area contributed by atoms with Crippen LogP contribution in [0.2, 0.25) is 0 Å². The molecule has 6 rings (SSSR count). The van der Waals surface area contributed by atoms with Gasteiger partial charge < -0.3 is 44.7 Å². The zero-order chi connectivity index (χ0) is 38.6. The van der Waals surface area contributed by atoms with E-state index in [1.807, 2.05) is 34.0 Å². The van der Waals surface area contributed by atoms with Gasteiger partial charge in [-0.3, -0.25) is 9.36 Å². The second kappa shape index (κ2) is 16.5. The fourth-order valence-corrected chi connectivity index (χ4v) is 7.54. The summed E-state index contributed by atoms with van der Waals surface area (Å²) in [7, 11) is 5.20. The van der Waals surface area contributed by atoms with E-state index in [1.54, 1.807) is 36.3 Å². The van der Waals surface area contributed by atoms with Crippen molar-refractivity contribution in [3.8, 4) is 5.75 Å². The molecule has 0 radical (unpaired) electrons. The number of alkyl carbamates (subject to hydrolysis) is 1. The molecule has 4 heterocycles. The highest BCUT2D eigenvalue weighted by Gasteiger charge is 2.55. The summed E-state index contributed by atoms with van der Waals surface area (Å²) < 4.78 is 25.2. The van der Waals surface area contributed by atoms with E-state index >= 15 is 0 Å². The van der Waals surface area contributed by atoms with Crippen LogP contribution in [0.4, 0.5) is 10.6 Å². The molecular weight excluding hydrogens is 702 g/mol. The molecule has 54 heavy (non-hydrogen) atoms. The summed E-state index contributed by atoms with van der Waals surface area (Å²) >= 11 is 0. The average Bonchev–Trinajstić information content (AvgIpc) is 3.83.